The lowest BCUT2D eigenvalue weighted by molar-refractivity contribution is 0.238. The summed E-state index contributed by atoms with van der Waals surface area (Å²) in [7, 11) is -1.97. The number of benzene rings is 1. The van der Waals surface area contributed by atoms with Gasteiger partial charge in [0.05, 0.1) is 19.5 Å². The molecule has 1 aromatic carbocycles. The van der Waals surface area contributed by atoms with E-state index in [1.165, 1.54) is 5.19 Å². The molecule has 3 rings (SSSR count). The minimum Gasteiger partial charge on any atom is -0.508 e. The van der Waals surface area contributed by atoms with E-state index in [-0.39, 0.29) is 0 Å². The molecule has 0 saturated carbocycles. The molecular weight excluding hydrogens is 422 g/mol. The lowest BCUT2D eigenvalue weighted by Crippen LogP contribution is -2.55. The average Bonchev–Trinajstić information content (AvgIpc) is 2.77. The van der Waals surface area contributed by atoms with E-state index in [1.54, 1.807) is 0 Å². The van der Waals surface area contributed by atoms with Crippen LogP contribution in [-0.2, 0) is 19.6 Å². The lowest BCUT2D eigenvalue weighted by Gasteiger charge is -2.44. The summed E-state index contributed by atoms with van der Waals surface area (Å²) in [5, 5.41) is 12.8. The minimum absolute atomic E-state index is 0.493. The van der Waals surface area contributed by atoms with Crippen LogP contribution in [0.4, 0.5) is 0 Å². The van der Waals surface area contributed by atoms with Gasteiger partial charge in [-0.05, 0) is 46.1 Å². The van der Waals surface area contributed by atoms with Crippen molar-refractivity contribution in [3.05, 3.63) is 83.9 Å². The summed E-state index contributed by atoms with van der Waals surface area (Å²) in [6, 6.07) is 18.4. The van der Waals surface area contributed by atoms with E-state index in [0.717, 1.165) is 17.0 Å². The smallest absolute Gasteiger partial charge is 0.119 e. The second-order valence-electron chi connectivity index (χ2n) is 10.00. The van der Waals surface area contributed by atoms with Gasteiger partial charge < -0.3 is 5.11 Å². The first-order chi connectivity index (χ1) is 15.8. The third-order valence-electron chi connectivity index (χ3n) is 7.07. The third-order valence-corrected chi connectivity index (χ3v) is 14.1. The maximum atomic E-state index is 11.6. The molecule has 2 heterocycles. The molecule has 0 fully saturated rings. The molecule has 4 nitrogen and oxygen atoms in total. The summed E-state index contributed by atoms with van der Waals surface area (Å²) in [4.78, 5) is 11.4. The van der Waals surface area contributed by atoms with Gasteiger partial charge >= 0.3 is 0 Å². The number of aromatic hydroxyl groups is 1. The van der Waals surface area contributed by atoms with E-state index in [2.05, 4.69) is 86.7 Å². The van der Waals surface area contributed by atoms with E-state index >= 15 is 0 Å². The summed E-state index contributed by atoms with van der Waals surface area (Å²) in [5.74, 6) is 0.493. The second kappa shape index (κ2) is 11.1. The quantitative estimate of drug-likeness (QED) is 0.362. The Balaban J connectivity index is 1.99. The molecule has 0 aliphatic heterocycles. The fraction of sp³-hybridized carbons (Fsp3) is 0.429. The van der Waals surface area contributed by atoms with Crippen molar-refractivity contribution in [2.75, 3.05) is 0 Å². The standard InChI is InChI=1S/C28H39N3OSi/c1-21(2)33(22(3)4,23(5)6)27-15-11-12-24(28(27)32)18-31(19-25-13-7-9-16-29-25)20-26-14-8-10-17-30-26/h7-17,21-23,32H,18-20H2,1-6H3. The van der Waals surface area contributed by atoms with Gasteiger partial charge in [0.25, 0.3) is 0 Å². The molecule has 2 aromatic heterocycles. The van der Waals surface area contributed by atoms with Gasteiger partial charge in [-0.2, -0.15) is 0 Å². The summed E-state index contributed by atoms with van der Waals surface area (Å²) in [5.41, 5.74) is 4.63. The fourth-order valence-corrected chi connectivity index (χ4v) is 12.7. The largest absolute Gasteiger partial charge is 0.508 e. The fourth-order valence-electron chi connectivity index (χ4n) is 5.85. The summed E-state index contributed by atoms with van der Waals surface area (Å²) in [6.45, 7) is 16.1. The molecule has 0 amide bonds. The zero-order valence-corrected chi connectivity index (χ0v) is 22.0. The molecule has 0 radical (unpaired) electrons. The van der Waals surface area contributed by atoms with Crippen molar-refractivity contribution in [3.63, 3.8) is 0 Å². The van der Waals surface area contributed by atoms with E-state index < -0.39 is 8.07 Å². The lowest BCUT2D eigenvalue weighted by atomic mass is 10.1. The molecule has 5 heteroatoms. The Morgan fingerprint density at radius 1 is 0.697 bits per heavy atom. The monoisotopic (exact) mass is 461 g/mol. The number of para-hydroxylation sites is 1. The Morgan fingerprint density at radius 3 is 1.64 bits per heavy atom. The van der Waals surface area contributed by atoms with Crippen LogP contribution >= 0.6 is 0 Å². The van der Waals surface area contributed by atoms with E-state index in [1.807, 2.05) is 36.7 Å². The Bertz CT molecular complexity index is 943. The van der Waals surface area contributed by atoms with Crippen LogP contribution in [0, 0.1) is 0 Å². The number of aromatic nitrogens is 2. The topological polar surface area (TPSA) is 49.2 Å². The average molecular weight is 462 g/mol. The Kier molecular flexibility index (Phi) is 8.44. The van der Waals surface area contributed by atoms with E-state index in [4.69, 9.17) is 0 Å². The van der Waals surface area contributed by atoms with Gasteiger partial charge in [-0.1, -0.05) is 71.9 Å². The highest BCUT2D eigenvalue weighted by Crippen LogP contribution is 2.43. The maximum Gasteiger partial charge on any atom is 0.119 e. The van der Waals surface area contributed by atoms with Gasteiger partial charge in [0.2, 0.25) is 0 Å². The number of hydrogen-bond acceptors (Lipinski definition) is 4. The first-order valence-corrected chi connectivity index (χ1v) is 14.3. The van der Waals surface area contributed by atoms with E-state index in [0.29, 0.717) is 42.0 Å². The van der Waals surface area contributed by atoms with Gasteiger partial charge in [0.1, 0.15) is 5.75 Å². The molecule has 0 atom stereocenters. The molecule has 176 valence electrons. The van der Waals surface area contributed by atoms with Crippen molar-refractivity contribution < 1.29 is 5.11 Å². The van der Waals surface area contributed by atoms with Crippen LogP contribution < -0.4 is 5.19 Å². The van der Waals surface area contributed by atoms with Gasteiger partial charge in [-0.15, -0.1) is 0 Å². The highest BCUT2D eigenvalue weighted by atomic mass is 28.3. The molecule has 0 aliphatic carbocycles. The second-order valence-corrected chi connectivity index (χ2v) is 15.9. The molecule has 0 aliphatic rings. The van der Waals surface area contributed by atoms with E-state index in [9.17, 15) is 5.11 Å². The van der Waals surface area contributed by atoms with Gasteiger partial charge in [-0.3, -0.25) is 14.9 Å². The van der Waals surface area contributed by atoms with Gasteiger partial charge in [0, 0.05) is 37.6 Å². The predicted octanol–water partition coefficient (Wildman–Crippen LogP) is 6.27. The van der Waals surface area contributed by atoms with Gasteiger partial charge in [0.15, 0.2) is 0 Å². The minimum atomic E-state index is -1.97. The van der Waals surface area contributed by atoms with Crippen molar-refractivity contribution in [2.24, 2.45) is 0 Å². The summed E-state index contributed by atoms with van der Waals surface area (Å²) in [6.07, 6.45) is 3.67. The Labute approximate surface area is 200 Å². The SMILES string of the molecule is CC(C)[Si](c1cccc(CN(Cc2ccccn2)Cc2ccccn2)c1O)(C(C)C)C(C)C. The molecule has 3 aromatic rings. The molecular formula is C28H39N3OSi. The van der Waals surface area contributed by atoms with Crippen LogP contribution in [0.5, 0.6) is 5.75 Å². The Morgan fingerprint density at radius 2 is 1.21 bits per heavy atom. The van der Waals surface area contributed by atoms with Gasteiger partial charge in [-0.25, -0.2) is 0 Å². The highest BCUT2D eigenvalue weighted by molar-refractivity contribution is 6.95. The number of nitrogens with zero attached hydrogens (tertiary/aromatic N) is 3. The van der Waals surface area contributed by atoms with Crippen molar-refractivity contribution in [1.82, 2.24) is 14.9 Å². The normalized spacial score (nSPS) is 12.3. The van der Waals surface area contributed by atoms with Crippen LogP contribution in [0.15, 0.2) is 67.0 Å². The molecule has 0 bridgehead atoms. The zero-order chi connectivity index (χ0) is 24.0. The van der Waals surface area contributed by atoms with Crippen LogP contribution in [0.25, 0.3) is 0 Å². The Hall–Kier alpha value is -2.50. The number of hydrogen-bond donors (Lipinski definition) is 1. The predicted molar refractivity (Wildman–Crippen MR) is 140 cm³/mol. The van der Waals surface area contributed by atoms with Crippen LogP contribution in [0.2, 0.25) is 16.6 Å². The van der Waals surface area contributed by atoms with Crippen molar-refractivity contribution >= 4 is 13.3 Å². The number of phenolic OH excluding ortho intramolecular Hbond substituents is 1. The summed E-state index contributed by atoms with van der Waals surface area (Å²) >= 11 is 0. The number of pyridine rings is 2. The van der Waals surface area contributed by atoms with Crippen LogP contribution in [0.1, 0.15) is 58.5 Å². The van der Waals surface area contributed by atoms with Crippen molar-refractivity contribution in [3.8, 4) is 5.75 Å². The van der Waals surface area contributed by atoms with Crippen LogP contribution in [0.3, 0.4) is 0 Å². The van der Waals surface area contributed by atoms with Crippen molar-refractivity contribution in [2.45, 2.75) is 77.8 Å². The third kappa shape index (κ3) is 5.53. The van der Waals surface area contributed by atoms with Crippen LogP contribution in [-0.4, -0.2) is 28.0 Å². The van der Waals surface area contributed by atoms with Crippen molar-refractivity contribution in [1.29, 1.82) is 0 Å². The molecule has 0 saturated heterocycles. The summed E-state index contributed by atoms with van der Waals surface area (Å²) < 4.78 is 0. The molecule has 0 spiro atoms. The first kappa shape index (κ1) is 25.1. The maximum absolute atomic E-state index is 11.6. The number of rotatable bonds is 10. The number of phenols is 1. The first-order valence-electron chi connectivity index (χ1n) is 12.1. The molecule has 1 N–H and O–H groups in total. The highest BCUT2D eigenvalue weighted by Gasteiger charge is 2.46. The molecule has 0 unspecified atom stereocenters. The molecule has 33 heavy (non-hydrogen) atoms. The zero-order valence-electron chi connectivity index (χ0n) is 21.0.